The standard InChI is InChI=1S/C25H27F3N6O3S/c1-14-10-15(12-17(11-14)33-23-30-9-6-19(34-23)25(26,27)28)18-13-31-22(38-18)24(37)7-4-16(5-8-24)32-21(36)3-2-20(29)35/h6,9-13,16,37H,2-5,7-8H2,1H3,(H2,29,35)(H,32,36)(H,30,33,34)/t16-,24-. The number of carbonyl (C=O) groups excluding carboxylic acids is 2. The third-order valence-electron chi connectivity index (χ3n) is 6.24. The van der Waals surface area contributed by atoms with E-state index in [0.29, 0.717) is 36.4 Å². The maximum atomic E-state index is 13.0. The lowest BCUT2D eigenvalue weighted by molar-refractivity contribution is -0.141. The number of amides is 2. The van der Waals surface area contributed by atoms with Crippen molar-refractivity contribution in [1.82, 2.24) is 20.3 Å². The van der Waals surface area contributed by atoms with Crippen LogP contribution in [-0.4, -0.2) is 37.9 Å². The van der Waals surface area contributed by atoms with Crippen LogP contribution in [0.3, 0.4) is 0 Å². The smallest absolute Gasteiger partial charge is 0.383 e. The fraction of sp³-hybridized carbons (Fsp3) is 0.400. The van der Waals surface area contributed by atoms with Crippen LogP contribution in [0.15, 0.2) is 36.7 Å². The number of nitrogens with two attached hydrogens (primary N) is 1. The molecule has 1 aromatic carbocycles. The van der Waals surface area contributed by atoms with Crippen LogP contribution in [0.25, 0.3) is 10.4 Å². The van der Waals surface area contributed by atoms with Gasteiger partial charge < -0.3 is 21.5 Å². The molecule has 0 unspecified atom stereocenters. The minimum atomic E-state index is -4.58. The van der Waals surface area contributed by atoms with Crippen molar-refractivity contribution >= 4 is 34.8 Å². The number of nitrogens with one attached hydrogen (secondary N) is 2. The molecule has 9 nitrogen and oxygen atoms in total. The van der Waals surface area contributed by atoms with E-state index >= 15 is 0 Å². The molecule has 4 rings (SSSR count). The van der Waals surface area contributed by atoms with E-state index in [1.165, 1.54) is 11.3 Å². The molecule has 0 atom stereocenters. The number of halogens is 3. The summed E-state index contributed by atoms with van der Waals surface area (Å²) in [6.45, 7) is 1.86. The van der Waals surface area contributed by atoms with Crippen molar-refractivity contribution < 1.29 is 27.9 Å². The molecule has 1 saturated carbocycles. The quantitative estimate of drug-likeness (QED) is 0.331. The van der Waals surface area contributed by atoms with Gasteiger partial charge in [-0.05, 0) is 61.9 Å². The highest BCUT2D eigenvalue weighted by molar-refractivity contribution is 7.15. The molecule has 0 spiro atoms. The first-order valence-electron chi connectivity index (χ1n) is 12.0. The van der Waals surface area contributed by atoms with Crippen molar-refractivity contribution in [2.45, 2.75) is 63.3 Å². The summed E-state index contributed by atoms with van der Waals surface area (Å²) in [4.78, 5) is 35.5. The van der Waals surface area contributed by atoms with Crippen molar-refractivity contribution in [2.75, 3.05) is 5.32 Å². The zero-order valence-electron chi connectivity index (χ0n) is 20.5. The topological polar surface area (TPSA) is 143 Å². The van der Waals surface area contributed by atoms with Crippen molar-refractivity contribution in [3.8, 4) is 10.4 Å². The molecule has 0 radical (unpaired) electrons. The van der Waals surface area contributed by atoms with E-state index in [0.717, 1.165) is 28.3 Å². The fourth-order valence-corrected chi connectivity index (χ4v) is 5.37. The summed E-state index contributed by atoms with van der Waals surface area (Å²) in [5, 5.41) is 17.6. The molecule has 0 aliphatic heterocycles. The van der Waals surface area contributed by atoms with Crippen LogP contribution in [0.4, 0.5) is 24.8 Å². The number of carbonyl (C=O) groups is 2. The second-order valence-corrected chi connectivity index (χ2v) is 10.4. The average Bonchev–Trinajstić information content (AvgIpc) is 3.35. The van der Waals surface area contributed by atoms with Gasteiger partial charge >= 0.3 is 6.18 Å². The molecule has 5 N–H and O–H groups in total. The van der Waals surface area contributed by atoms with Gasteiger partial charge in [-0.1, -0.05) is 6.07 Å². The van der Waals surface area contributed by atoms with Crippen LogP contribution in [0.5, 0.6) is 0 Å². The number of aryl methyl sites for hydroxylation is 1. The molecular weight excluding hydrogens is 521 g/mol. The Hall–Kier alpha value is -3.58. The van der Waals surface area contributed by atoms with Gasteiger partial charge in [0.05, 0.1) is 4.88 Å². The summed E-state index contributed by atoms with van der Waals surface area (Å²) in [6, 6.07) is 6.15. The number of benzene rings is 1. The van der Waals surface area contributed by atoms with Gasteiger partial charge in [-0.25, -0.2) is 15.0 Å². The number of alkyl halides is 3. The van der Waals surface area contributed by atoms with Crippen molar-refractivity contribution in [3.63, 3.8) is 0 Å². The van der Waals surface area contributed by atoms with E-state index in [1.54, 1.807) is 18.3 Å². The Morgan fingerprint density at radius 1 is 1.18 bits per heavy atom. The first-order valence-corrected chi connectivity index (χ1v) is 12.8. The number of nitrogens with zero attached hydrogens (tertiary/aromatic N) is 3. The number of thiazole rings is 1. The Morgan fingerprint density at radius 2 is 1.92 bits per heavy atom. The monoisotopic (exact) mass is 548 g/mol. The maximum Gasteiger partial charge on any atom is 0.433 e. The summed E-state index contributed by atoms with van der Waals surface area (Å²) in [7, 11) is 0. The molecule has 13 heteroatoms. The maximum absolute atomic E-state index is 13.0. The van der Waals surface area contributed by atoms with Crippen LogP contribution in [-0.2, 0) is 21.4 Å². The van der Waals surface area contributed by atoms with Crippen molar-refractivity contribution in [3.05, 3.63) is 52.9 Å². The molecule has 38 heavy (non-hydrogen) atoms. The first kappa shape index (κ1) is 27.5. The van der Waals surface area contributed by atoms with E-state index in [9.17, 15) is 27.9 Å². The van der Waals surface area contributed by atoms with Crippen molar-refractivity contribution in [2.24, 2.45) is 5.73 Å². The highest BCUT2D eigenvalue weighted by Gasteiger charge is 2.38. The summed E-state index contributed by atoms with van der Waals surface area (Å²) >= 11 is 1.34. The van der Waals surface area contributed by atoms with E-state index in [2.05, 4.69) is 25.6 Å². The molecule has 2 aromatic heterocycles. The molecule has 1 aliphatic carbocycles. The van der Waals surface area contributed by atoms with Gasteiger partial charge in [-0.3, -0.25) is 9.59 Å². The van der Waals surface area contributed by atoms with Gasteiger partial charge in [-0.15, -0.1) is 11.3 Å². The highest BCUT2D eigenvalue weighted by Crippen LogP contribution is 2.41. The van der Waals surface area contributed by atoms with E-state index in [4.69, 9.17) is 5.73 Å². The van der Waals surface area contributed by atoms with Gasteiger partial charge in [-0.2, -0.15) is 13.2 Å². The SMILES string of the molecule is Cc1cc(Nc2nccc(C(F)(F)F)n2)cc(-c2cnc([C@]3(O)CC[C@H](NC(=O)CCC(N)=O)CC3)s2)c1. The van der Waals surface area contributed by atoms with Gasteiger partial charge in [0.15, 0.2) is 0 Å². The summed E-state index contributed by atoms with van der Waals surface area (Å²) in [6.07, 6.45) is 0.106. The zero-order valence-corrected chi connectivity index (χ0v) is 21.3. The number of hydrogen-bond donors (Lipinski definition) is 4. The predicted octanol–water partition coefficient (Wildman–Crippen LogP) is 4.18. The largest absolute Gasteiger partial charge is 0.433 e. The lowest BCUT2D eigenvalue weighted by Gasteiger charge is -2.34. The Balaban J connectivity index is 1.44. The lowest BCUT2D eigenvalue weighted by atomic mass is 9.82. The van der Waals surface area contributed by atoms with Gasteiger partial charge in [0.25, 0.3) is 0 Å². The average molecular weight is 549 g/mol. The molecule has 2 amide bonds. The molecule has 1 aliphatic rings. The highest BCUT2D eigenvalue weighted by atomic mass is 32.1. The molecule has 202 valence electrons. The molecular formula is C25H27F3N6O3S. The van der Waals surface area contributed by atoms with Crippen LogP contribution >= 0.6 is 11.3 Å². The van der Waals surface area contributed by atoms with Gasteiger partial charge in [0.2, 0.25) is 17.8 Å². The number of rotatable bonds is 8. The lowest BCUT2D eigenvalue weighted by Crippen LogP contribution is -2.42. The van der Waals surface area contributed by atoms with Crippen LogP contribution < -0.4 is 16.4 Å². The molecule has 0 bridgehead atoms. The number of primary amides is 1. The Labute approximate surface area is 220 Å². The first-order chi connectivity index (χ1) is 17.9. The second-order valence-electron chi connectivity index (χ2n) is 9.35. The van der Waals surface area contributed by atoms with Gasteiger partial charge in [0, 0.05) is 37.0 Å². The minimum Gasteiger partial charge on any atom is -0.383 e. The van der Waals surface area contributed by atoms with Crippen LogP contribution in [0, 0.1) is 6.92 Å². The fourth-order valence-electron chi connectivity index (χ4n) is 4.32. The number of hydrogen-bond acceptors (Lipinski definition) is 8. The third-order valence-corrected chi connectivity index (χ3v) is 7.48. The Morgan fingerprint density at radius 3 is 2.61 bits per heavy atom. The Kier molecular flexibility index (Phi) is 7.97. The molecule has 0 saturated heterocycles. The second kappa shape index (κ2) is 11.0. The molecule has 2 heterocycles. The number of anilines is 2. The normalized spacial score (nSPS) is 19.7. The zero-order chi connectivity index (χ0) is 27.5. The third kappa shape index (κ3) is 6.84. The molecule has 1 fully saturated rings. The summed E-state index contributed by atoms with van der Waals surface area (Å²) < 4.78 is 39.0. The summed E-state index contributed by atoms with van der Waals surface area (Å²) in [5.41, 5.74) is 5.07. The predicted molar refractivity (Wildman–Crippen MR) is 135 cm³/mol. The summed E-state index contributed by atoms with van der Waals surface area (Å²) in [5.74, 6) is -0.942. The number of aromatic nitrogens is 3. The van der Waals surface area contributed by atoms with E-state index < -0.39 is 23.4 Å². The minimum absolute atomic E-state index is 0.00640. The number of aliphatic hydroxyl groups is 1. The van der Waals surface area contributed by atoms with Gasteiger partial charge in [0.1, 0.15) is 16.3 Å². The van der Waals surface area contributed by atoms with Crippen LogP contribution in [0.1, 0.15) is 54.8 Å². The molecule has 3 aromatic rings. The van der Waals surface area contributed by atoms with E-state index in [-0.39, 0.29) is 30.7 Å². The van der Waals surface area contributed by atoms with E-state index in [1.807, 2.05) is 13.0 Å². The van der Waals surface area contributed by atoms with Crippen LogP contribution in [0.2, 0.25) is 0 Å². The Bertz CT molecular complexity index is 1320. The van der Waals surface area contributed by atoms with Crippen molar-refractivity contribution in [1.29, 1.82) is 0 Å².